The molecule has 0 fully saturated rings. The number of nitrogens with one attached hydrogen (secondary N) is 1. The van der Waals surface area contributed by atoms with Gasteiger partial charge in [-0.05, 0) is 30.2 Å². The van der Waals surface area contributed by atoms with Crippen LogP contribution in [-0.2, 0) is 6.54 Å². The second-order valence-electron chi connectivity index (χ2n) is 6.13. The van der Waals surface area contributed by atoms with Gasteiger partial charge < -0.3 is 4.57 Å². The molecule has 6 nitrogen and oxygen atoms in total. The molecule has 26 heavy (non-hydrogen) atoms. The molecule has 1 N–H and O–H groups in total. The number of nitrogens with zero attached hydrogens (tertiary/aromatic N) is 4. The summed E-state index contributed by atoms with van der Waals surface area (Å²) < 4.78 is 3.10. The molecule has 3 heterocycles. The SMILES string of the molecule is Cc1cccn2c(=O)c3cc(C#N)c(=N)n(Cc4ccccc4)c3nc12. The zero-order valence-corrected chi connectivity index (χ0v) is 14.1. The van der Waals surface area contributed by atoms with Gasteiger partial charge in [-0.2, -0.15) is 5.26 Å². The highest BCUT2D eigenvalue weighted by Crippen LogP contribution is 2.13. The van der Waals surface area contributed by atoms with Crippen molar-refractivity contribution in [1.29, 1.82) is 10.7 Å². The molecule has 0 aliphatic rings. The summed E-state index contributed by atoms with van der Waals surface area (Å²) in [5, 5.41) is 18.1. The Hall–Kier alpha value is -3.72. The second kappa shape index (κ2) is 5.97. The monoisotopic (exact) mass is 341 g/mol. The molecule has 6 heteroatoms. The van der Waals surface area contributed by atoms with Crippen molar-refractivity contribution in [3.63, 3.8) is 0 Å². The number of nitriles is 1. The summed E-state index contributed by atoms with van der Waals surface area (Å²) in [5.74, 6) is 0. The molecule has 126 valence electrons. The third kappa shape index (κ3) is 2.38. The molecule has 0 amide bonds. The van der Waals surface area contributed by atoms with Crippen LogP contribution in [0.2, 0.25) is 0 Å². The molecule has 4 rings (SSSR count). The van der Waals surface area contributed by atoms with Crippen LogP contribution in [0.5, 0.6) is 0 Å². The minimum Gasteiger partial charge on any atom is -0.305 e. The summed E-state index contributed by atoms with van der Waals surface area (Å²) in [7, 11) is 0. The van der Waals surface area contributed by atoms with Crippen LogP contribution in [-0.4, -0.2) is 14.0 Å². The Bertz CT molecular complexity index is 1310. The first-order valence-corrected chi connectivity index (χ1v) is 8.14. The van der Waals surface area contributed by atoms with Gasteiger partial charge in [0.05, 0.1) is 17.5 Å². The summed E-state index contributed by atoms with van der Waals surface area (Å²) in [6, 6.07) is 16.8. The van der Waals surface area contributed by atoms with Gasteiger partial charge in [0.15, 0.2) is 0 Å². The number of hydrogen-bond acceptors (Lipinski definition) is 4. The zero-order valence-electron chi connectivity index (χ0n) is 14.1. The van der Waals surface area contributed by atoms with Gasteiger partial charge in [-0.1, -0.05) is 36.4 Å². The van der Waals surface area contributed by atoms with Crippen LogP contribution >= 0.6 is 0 Å². The summed E-state index contributed by atoms with van der Waals surface area (Å²) >= 11 is 0. The van der Waals surface area contributed by atoms with Crippen LogP contribution < -0.4 is 11.0 Å². The molecule has 0 aliphatic carbocycles. The Kier molecular flexibility index (Phi) is 3.63. The lowest BCUT2D eigenvalue weighted by Gasteiger charge is -2.13. The fourth-order valence-electron chi connectivity index (χ4n) is 3.10. The Morgan fingerprint density at radius 1 is 1.15 bits per heavy atom. The quantitative estimate of drug-likeness (QED) is 0.568. The molecular weight excluding hydrogens is 326 g/mol. The van der Waals surface area contributed by atoms with Crippen molar-refractivity contribution in [2.75, 3.05) is 0 Å². The fourth-order valence-corrected chi connectivity index (χ4v) is 3.10. The van der Waals surface area contributed by atoms with Crippen LogP contribution in [0.4, 0.5) is 0 Å². The second-order valence-corrected chi connectivity index (χ2v) is 6.13. The average molecular weight is 341 g/mol. The van der Waals surface area contributed by atoms with E-state index in [0.29, 0.717) is 23.2 Å². The van der Waals surface area contributed by atoms with Gasteiger partial charge in [0.25, 0.3) is 5.56 Å². The number of rotatable bonds is 2. The molecule has 0 atom stereocenters. The van der Waals surface area contributed by atoms with E-state index in [1.807, 2.05) is 49.4 Å². The molecule has 0 aliphatic heterocycles. The Morgan fingerprint density at radius 2 is 1.92 bits per heavy atom. The topological polar surface area (TPSA) is 86.9 Å². The van der Waals surface area contributed by atoms with Crippen LogP contribution in [0, 0.1) is 23.7 Å². The summed E-state index contributed by atoms with van der Waals surface area (Å²) in [6.45, 7) is 2.25. The van der Waals surface area contributed by atoms with Gasteiger partial charge in [-0.15, -0.1) is 0 Å². The van der Waals surface area contributed by atoms with E-state index in [1.54, 1.807) is 16.8 Å². The van der Waals surface area contributed by atoms with Gasteiger partial charge >= 0.3 is 0 Å². The number of aryl methyl sites for hydroxylation is 1. The van der Waals surface area contributed by atoms with E-state index in [1.165, 1.54) is 10.5 Å². The van der Waals surface area contributed by atoms with Gasteiger partial charge in [0, 0.05) is 6.20 Å². The molecule has 0 saturated carbocycles. The highest BCUT2D eigenvalue weighted by molar-refractivity contribution is 5.78. The van der Waals surface area contributed by atoms with Crippen molar-refractivity contribution in [2.24, 2.45) is 0 Å². The molecular formula is C20H15N5O. The smallest absolute Gasteiger partial charge is 0.267 e. The minimum absolute atomic E-state index is 0.0497. The lowest BCUT2D eigenvalue weighted by Crippen LogP contribution is -2.28. The minimum atomic E-state index is -0.244. The average Bonchev–Trinajstić information content (AvgIpc) is 2.66. The molecule has 0 bridgehead atoms. The molecule has 0 unspecified atom stereocenters. The summed E-state index contributed by atoms with van der Waals surface area (Å²) in [4.78, 5) is 17.6. The summed E-state index contributed by atoms with van der Waals surface area (Å²) in [5.41, 5.74) is 2.76. The van der Waals surface area contributed by atoms with Gasteiger partial charge in [0.1, 0.15) is 22.9 Å². The standard InChI is InChI=1S/C20H15N5O/c1-13-6-5-9-24-18(13)23-19-16(20(24)26)10-15(11-21)17(22)25(19)12-14-7-3-2-4-8-14/h2-10,22H,12H2,1H3. The number of benzene rings is 1. The largest absolute Gasteiger partial charge is 0.305 e. The van der Waals surface area contributed by atoms with Crippen LogP contribution in [0.3, 0.4) is 0 Å². The van der Waals surface area contributed by atoms with Crippen LogP contribution in [0.25, 0.3) is 16.7 Å². The van der Waals surface area contributed by atoms with Gasteiger partial charge in [0.2, 0.25) is 0 Å². The first kappa shape index (κ1) is 15.8. The number of hydrogen-bond donors (Lipinski definition) is 1. The van der Waals surface area contributed by atoms with E-state index in [2.05, 4.69) is 4.98 Å². The maximum atomic E-state index is 13.0. The van der Waals surface area contributed by atoms with Crippen molar-refractivity contribution in [2.45, 2.75) is 13.5 Å². The Balaban J connectivity index is 2.15. The van der Waals surface area contributed by atoms with E-state index < -0.39 is 0 Å². The predicted octanol–water partition coefficient (Wildman–Crippen LogP) is 2.36. The highest BCUT2D eigenvalue weighted by atomic mass is 16.1. The zero-order chi connectivity index (χ0) is 18.3. The van der Waals surface area contributed by atoms with Crippen LogP contribution in [0.1, 0.15) is 16.7 Å². The van der Waals surface area contributed by atoms with Crippen LogP contribution in [0.15, 0.2) is 59.5 Å². The van der Waals surface area contributed by atoms with E-state index in [0.717, 1.165) is 11.1 Å². The first-order chi connectivity index (χ1) is 12.6. The fraction of sp³-hybridized carbons (Fsp3) is 0.100. The Morgan fingerprint density at radius 3 is 2.65 bits per heavy atom. The molecule has 4 aromatic rings. The molecule has 0 saturated heterocycles. The van der Waals surface area contributed by atoms with E-state index >= 15 is 0 Å². The van der Waals surface area contributed by atoms with Crippen molar-refractivity contribution < 1.29 is 0 Å². The third-order valence-electron chi connectivity index (χ3n) is 4.44. The maximum Gasteiger partial charge on any atom is 0.267 e. The maximum absolute atomic E-state index is 13.0. The summed E-state index contributed by atoms with van der Waals surface area (Å²) in [6.07, 6.45) is 1.67. The van der Waals surface area contributed by atoms with Gasteiger partial charge in [-0.25, -0.2) is 4.98 Å². The third-order valence-corrected chi connectivity index (χ3v) is 4.44. The van der Waals surface area contributed by atoms with E-state index in [9.17, 15) is 10.1 Å². The lowest BCUT2D eigenvalue weighted by molar-refractivity contribution is 0.749. The van der Waals surface area contributed by atoms with Gasteiger partial charge in [-0.3, -0.25) is 14.6 Å². The van der Waals surface area contributed by atoms with Crippen molar-refractivity contribution in [3.8, 4) is 6.07 Å². The predicted molar refractivity (Wildman–Crippen MR) is 97.8 cm³/mol. The first-order valence-electron chi connectivity index (χ1n) is 8.14. The molecule has 1 aromatic carbocycles. The van der Waals surface area contributed by atoms with Crippen molar-refractivity contribution in [1.82, 2.24) is 14.0 Å². The molecule has 0 radical (unpaired) electrons. The van der Waals surface area contributed by atoms with Crippen molar-refractivity contribution >= 4 is 16.7 Å². The highest BCUT2D eigenvalue weighted by Gasteiger charge is 2.14. The van der Waals surface area contributed by atoms with E-state index in [4.69, 9.17) is 5.41 Å². The number of pyridine rings is 2. The van der Waals surface area contributed by atoms with Crippen molar-refractivity contribution in [3.05, 3.63) is 87.3 Å². The number of fused-ring (bicyclic) bond motifs is 2. The molecule has 0 spiro atoms. The molecule has 3 aromatic heterocycles. The normalized spacial score (nSPS) is 10.9. The Labute approximate surface area is 148 Å². The number of aromatic nitrogens is 3. The lowest BCUT2D eigenvalue weighted by atomic mass is 10.2. The van der Waals surface area contributed by atoms with E-state index in [-0.39, 0.29) is 16.6 Å².